The van der Waals surface area contributed by atoms with E-state index in [1.54, 1.807) is 11.8 Å². The largest absolute Gasteiger partial charge is 0.293 e. The fraction of sp³-hybridized carbons (Fsp3) is 0.417. The predicted molar refractivity (Wildman–Crippen MR) is 72.5 cm³/mol. The van der Waals surface area contributed by atoms with E-state index in [1.807, 2.05) is 48.5 Å². The van der Waals surface area contributed by atoms with Crippen molar-refractivity contribution in [3.63, 3.8) is 0 Å². The molecule has 1 atom stereocenters. The van der Waals surface area contributed by atoms with Gasteiger partial charge in [0.15, 0.2) is 0 Å². The van der Waals surface area contributed by atoms with Crippen molar-refractivity contribution in [2.45, 2.75) is 6.04 Å². The Hall–Kier alpha value is -1.04. The van der Waals surface area contributed by atoms with Crippen molar-refractivity contribution in [2.75, 3.05) is 25.6 Å². The molecule has 5 heteroatoms. The van der Waals surface area contributed by atoms with Crippen molar-refractivity contribution in [3.8, 4) is 0 Å². The number of carbonyl (C=O) groups excluding carboxylic acids is 1. The molecular weight excluding hydrogens is 234 g/mol. The van der Waals surface area contributed by atoms with Gasteiger partial charge in [-0.05, 0) is 18.9 Å². The number of likely N-dealkylation sites (N-methyl/N-ethyl adjacent to an activating group) is 1. The van der Waals surface area contributed by atoms with Gasteiger partial charge in [0.25, 0.3) is 5.91 Å². The number of amides is 1. The predicted octanol–water partition coefficient (Wildman–Crippen LogP) is 1.01. The van der Waals surface area contributed by atoms with Gasteiger partial charge in [0, 0.05) is 12.3 Å². The van der Waals surface area contributed by atoms with Crippen molar-refractivity contribution in [2.24, 2.45) is 5.84 Å². The van der Waals surface area contributed by atoms with E-state index in [0.29, 0.717) is 0 Å². The fourth-order valence-corrected chi connectivity index (χ4v) is 2.16. The average Bonchev–Trinajstić information content (AvgIpc) is 2.37. The third-order valence-corrected chi connectivity index (χ3v) is 3.19. The van der Waals surface area contributed by atoms with Crippen LogP contribution in [-0.2, 0) is 4.79 Å². The van der Waals surface area contributed by atoms with E-state index in [2.05, 4.69) is 5.43 Å². The minimum atomic E-state index is -0.326. The number of carbonyl (C=O) groups is 1. The van der Waals surface area contributed by atoms with Crippen LogP contribution < -0.4 is 11.3 Å². The Morgan fingerprint density at radius 2 is 2.12 bits per heavy atom. The molecule has 0 saturated heterocycles. The minimum absolute atomic E-state index is 0.181. The van der Waals surface area contributed by atoms with Crippen LogP contribution in [0.3, 0.4) is 0 Å². The number of nitrogens with zero attached hydrogens (tertiary/aromatic N) is 1. The van der Waals surface area contributed by atoms with Gasteiger partial charge in [-0.3, -0.25) is 15.1 Å². The molecule has 1 rings (SSSR count). The van der Waals surface area contributed by atoms with Crippen molar-refractivity contribution in [1.82, 2.24) is 10.3 Å². The maximum Gasteiger partial charge on any atom is 0.255 e. The van der Waals surface area contributed by atoms with Gasteiger partial charge < -0.3 is 0 Å². The average molecular weight is 253 g/mol. The number of nitrogens with two attached hydrogens (primary N) is 1. The molecule has 0 radical (unpaired) electrons. The smallest absolute Gasteiger partial charge is 0.255 e. The first-order valence-corrected chi connectivity index (χ1v) is 6.84. The first-order valence-electron chi connectivity index (χ1n) is 5.45. The summed E-state index contributed by atoms with van der Waals surface area (Å²) < 4.78 is 0. The van der Waals surface area contributed by atoms with Gasteiger partial charge in [0.2, 0.25) is 0 Å². The second-order valence-corrected chi connectivity index (χ2v) is 4.78. The molecule has 94 valence electrons. The van der Waals surface area contributed by atoms with Gasteiger partial charge >= 0.3 is 0 Å². The molecule has 0 saturated carbocycles. The maximum atomic E-state index is 11.8. The van der Waals surface area contributed by atoms with Gasteiger partial charge in [0.05, 0.1) is 0 Å². The zero-order valence-corrected chi connectivity index (χ0v) is 11.0. The molecule has 0 heterocycles. The van der Waals surface area contributed by atoms with E-state index in [0.717, 1.165) is 17.9 Å². The Morgan fingerprint density at radius 1 is 1.47 bits per heavy atom. The molecule has 0 fully saturated rings. The summed E-state index contributed by atoms with van der Waals surface area (Å²) >= 11 is 1.76. The van der Waals surface area contributed by atoms with E-state index in [1.165, 1.54) is 0 Å². The molecule has 0 spiro atoms. The van der Waals surface area contributed by atoms with Gasteiger partial charge in [0.1, 0.15) is 6.04 Å². The van der Waals surface area contributed by atoms with Crippen molar-refractivity contribution < 1.29 is 4.79 Å². The van der Waals surface area contributed by atoms with Crippen LogP contribution in [0.15, 0.2) is 30.3 Å². The van der Waals surface area contributed by atoms with E-state index < -0.39 is 0 Å². The number of nitrogens with one attached hydrogen (secondary N) is 1. The summed E-state index contributed by atoms with van der Waals surface area (Å²) in [7, 11) is 1.93. The van der Waals surface area contributed by atoms with E-state index in [4.69, 9.17) is 5.84 Å². The molecule has 1 aromatic rings. The van der Waals surface area contributed by atoms with Crippen molar-refractivity contribution >= 4 is 17.7 Å². The van der Waals surface area contributed by atoms with Crippen molar-refractivity contribution in [3.05, 3.63) is 35.9 Å². The lowest BCUT2D eigenvalue weighted by Crippen LogP contribution is -2.42. The van der Waals surface area contributed by atoms with Gasteiger partial charge in [-0.2, -0.15) is 11.8 Å². The number of rotatable bonds is 6. The highest BCUT2D eigenvalue weighted by Gasteiger charge is 2.23. The van der Waals surface area contributed by atoms with Crippen LogP contribution in [0.4, 0.5) is 0 Å². The second-order valence-electron chi connectivity index (χ2n) is 3.80. The third kappa shape index (κ3) is 4.03. The lowest BCUT2D eigenvalue weighted by atomic mass is 10.1. The number of benzene rings is 1. The number of hydrogen-bond donors (Lipinski definition) is 2. The topological polar surface area (TPSA) is 58.4 Å². The summed E-state index contributed by atoms with van der Waals surface area (Å²) in [6.07, 6.45) is 2.05. The highest BCUT2D eigenvalue weighted by molar-refractivity contribution is 7.98. The first kappa shape index (κ1) is 14.0. The highest BCUT2D eigenvalue weighted by atomic mass is 32.2. The van der Waals surface area contributed by atoms with Crippen LogP contribution in [0.1, 0.15) is 11.6 Å². The molecule has 0 aliphatic rings. The molecule has 0 aliphatic carbocycles. The highest BCUT2D eigenvalue weighted by Crippen LogP contribution is 2.19. The molecule has 0 aromatic heterocycles. The van der Waals surface area contributed by atoms with Crippen LogP contribution in [0.25, 0.3) is 0 Å². The fourth-order valence-electron chi connectivity index (χ4n) is 1.68. The summed E-state index contributed by atoms with van der Waals surface area (Å²) in [5, 5.41) is 0. The number of hydrazine groups is 1. The van der Waals surface area contributed by atoms with Gasteiger partial charge in [-0.25, -0.2) is 5.84 Å². The lowest BCUT2D eigenvalue weighted by Gasteiger charge is -2.26. The lowest BCUT2D eigenvalue weighted by molar-refractivity contribution is -0.126. The van der Waals surface area contributed by atoms with E-state index in [9.17, 15) is 4.79 Å². The molecule has 0 aliphatic heterocycles. The van der Waals surface area contributed by atoms with E-state index >= 15 is 0 Å². The number of thioether (sulfide) groups is 1. The van der Waals surface area contributed by atoms with Crippen LogP contribution in [0.2, 0.25) is 0 Å². The summed E-state index contributed by atoms with van der Waals surface area (Å²) in [6, 6.07) is 9.34. The normalized spacial score (nSPS) is 12.5. The van der Waals surface area contributed by atoms with Crippen LogP contribution in [-0.4, -0.2) is 36.4 Å². The number of hydrogen-bond acceptors (Lipinski definition) is 4. The molecule has 0 bridgehead atoms. The Kier molecular flexibility index (Phi) is 6.04. The Labute approximate surface area is 107 Å². The summed E-state index contributed by atoms with van der Waals surface area (Å²) in [5.41, 5.74) is 3.19. The van der Waals surface area contributed by atoms with Crippen molar-refractivity contribution in [1.29, 1.82) is 0 Å². The zero-order valence-electron chi connectivity index (χ0n) is 10.2. The SMILES string of the molecule is CSCCN(C)C(C(=O)NN)c1ccccc1. The molecule has 1 amide bonds. The van der Waals surface area contributed by atoms with Gasteiger partial charge in [-0.1, -0.05) is 30.3 Å². The zero-order chi connectivity index (χ0) is 12.7. The molecule has 3 N–H and O–H groups in total. The second kappa shape index (κ2) is 7.32. The van der Waals surface area contributed by atoms with Gasteiger partial charge in [-0.15, -0.1) is 0 Å². The third-order valence-electron chi connectivity index (χ3n) is 2.59. The standard InChI is InChI=1S/C12H19N3OS/c1-15(8-9-17-2)11(12(16)14-13)10-6-4-3-5-7-10/h3-7,11H,8-9,13H2,1-2H3,(H,14,16). The molecule has 1 unspecified atom stereocenters. The van der Waals surface area contributed by atoms with Crippen LogP contribution in [0.5, 0.6) is 0 Å². The minimum Gasteiger partial charge on any atom is -0.293 e. The molecule has 1 aromatic carbocycles. The quantitative estimate of drug-likeness (QED) is 0.451. The Morgan fingerprint density at radius 3 is 2.65 bits per heavy atom. The van der Waals surface area contributed by atoms with E-state index in [-0.39, 0.29) is 11.9 Å². The Bertz CT molecular complexity index is 345. The molecular formula is C12H19N3OS. The monoisotopic (exact) mass is 253 g/mol. The summed E-state index contributed by atoms with van der Waals surface area (Å²) in [4.78, 5) is 13.8. The Balaban J connectivity index is 2.84. The molecule has 4 nitrogen and oxygen atoms in total. The van der Waals surface area contributed by atoms with Crippen LogP contribution in [0, 0.1) is 0 Å². The summed E-state index contributed by atoms with van der Waals surface area (Å²) in [6.45, 7) is 0.841. The first-order chi connectivity index (χ1) is 8.20. The maximum absolute atomic E-state index is 11.8. The molecule has 17 heavy (non-hydrogen) atoms. The summed E-state index contributed by atoms with van der Waals surface area (Å²) in [5.74, 6) is 6.05. The van der Waals surface area contributed by atoms with Crippen LogP contribution >= 0.6 is 11.8 Å².